The minimum absolute atomic E-state index is 0.0389. The fourth-order valence-corrected chi connectivity index (χ4v) is 4.23. The van der Waals surface area contributed by atoms with Crippen molar-refractivity contribution in [2.45, 2.75) is 12.6 Å². The van der Waals surface area contributed by atoms with Gasteiger partial charge < -0.3 is 5.32 Å². The molecule has 0 unspecified atom stereocenters. The quantitative estimate of drug-likeness (QED) is 0.682. The predicted octanol–water partition coefficient (Wildman–Crippen LogP) is 3.95. The van der Waals surface area contributed by atoms with E-state index in [4.69, 9.17) is 0 Å². The van der Waals surface area contributed by atoms with E-state index >= 15 is 0 Å². The number of rotatable bonds is 6. The normalized spacial score (nSPS) is 15.3. The molecule has 0 atom stereocenters. The third-order valence-electron chi connectivity index (χ3n) is 5.85. The lowest BCUT2D eigenvalue weighted by Gasteiger charge is -2.39. The van der Waals surface area contributed by atoms with Crippen molar-refractivity contribution in [2.24, 2.45) is 0 Å². The van der Waals surface area contributed by atoms with E-state index in [1.807, 2.05) is 12.1 Å². The summed E-state index contributed by atoms with van der Waals surface area (Å²) in [5.74, 6) is -0.0389. The van der Waals surface area contributed by atoms with Crippen LogP contribution in [0.3, 0.4) is 0 Å². The van der Waals surface area contributed by atoms with Crippen LogP contribution < -0.4 is 5.32 Å². The van der Waals surface area contributed by atoms with E-state index in [1.54, 1.807) is 7.05 Å². The zero-order valence-electron chi connectivity index (χ0n) is 17.5. The predicted molar refractivity (Wildman–Crippen MR) is 121 cm³/mol. The molecule has 0 saturated carbocycles. The molecule has 3 aromatic rings. The molecule has 0 aliphatic carbocycles. The first-order chi connectivity index (χ1) is 14.7. The maximum atomic E-state index is 11.7. The van der Waals surface area contributed by atoms with E-state index in [0.717, 1.165) is 32.7 Å². The van der Waals surface area contributed by atoms with Crippen LogP contribution in [0.15, 0.2) is 84.9 Å². The molecule has 3 aromatic carbocycles. The van der Waals surface area contributed by atoms with Gasteiger partial charge in [0.15, 0.2) is 0 Å². The second kappa shape index (κ2) is 9.70. The molecule has 1 saturated heterocycles. The number of nitrogens with one attached hydrogen (secondary N) is 1. The third-order valence-corrected chi connectivity index (χ3v) is 5.85. The van der Waals surface area contributed by atoms with Crippen LogP contribution in [-0.4, -0.2) is 48.9 Å². The molecule has 0 bridgehead atoms. The van der Waals surface area contributed by atoms with Gasteiger partial charge in [0.1, 0.15) is 0 Å². The summed E-state index contributed by atoms with van der Waals surface area (Å²) in [4.78, 5) is 16.8. The molecule has 4 rings (SSSR count). The van der Waals surface area contributed by atoms with E-state index in [-0.39, 0.29) is 5.91 Å². The van der Waals surface area contributed by atoms with E-state index in [2.05, 4.69) is 87.9 Å². The summed E-state index contributed by atoms with van der Waals surface area (Å²) < 4.78 is 0. The molecular formula is C26H29N3O. The largest absolute Gasteiger partial charge is 0.355 e. The molecular weight excluding hydrogens is 370 g/mol. The van der Waals surface area contributed by atoms with Gasteiger partial charge in [-0.3, -0.25) is 14.6 Å². The molecule has 0 aromatic heterocycles. The third kappa shape index (κ3) is 4.78. The fraction of sp³-hybridized carbons (Fsp3) is 0.269. The molecule has 30 heavy (non-hydrogen) atoms. The van der Waals surface area contributed by atoms with Gasteiger partial charge in [-0.2, -0.15) is 0 Å². The maximum absolute atomic E-state index is 11.7. The Morgan fingerprint density at radius 3 is 1.83 bits per heavy atom. The first-order valence-electron chi connectivity index (χ1n) is 10.6. The standard InChI is InChI=1S/C26H29N3O/c1-27-26(30)24-14-12-21(13-15-24)20-28-16-18-29(19-17-28)25(22-8-4-2-5-9-22)23-10-6-3-7-11-23/h2-15,25H,16-20H2,1H3,(H,27,30). The molecule has 1 fully saturated rings. The first-order valence-corrected chi connectivity index (χ1v) is 10.6. The Bertz CT molecular complexity index is 894. The highest BCUT2D eigenvalue weighted by Gasteiger charge is 2.26. The Labute approximate surface area is 179 Å². The van der Waals surface area contributed by atoms with Crippen LogP contribution in [-0.2, 0) is 6.54 Å². The number of amides is 1. The van der Waals surface area contributed by atoms with Crippen LogP contribution in [0, 0.1) is 0 Å². The molecule has 0 spiro atoms. The molecule has 1 heterocycles. The van der Waals surface area contributed by atoms with Gasteiger partial charge >= 0.3 is 0 Å². The summed E-state index contributed by atoms with van der Waals surface area (Å²) in [5, 5.41) is 2.67. The molecule has 4 nitrogen and oxygen atoms in total. The highest BCUT2D eigenvalue weighted by molar-refractivity contribution is 5.93. The van der Waals surface area contributed by atoms with Crippen LogP contribution in [0.1, 0.15) is 33.1 Å². The van der Waals surface area contributed by atoms with Crippen molar-refractivity contribution in [3.8, 4) is 0 Å². The van der Waals surface area contributed by atoms with Gasteiger partial charge in [0.05, 0.1) is 6.04 Å². The lowest BCUT2D eigenvalue weighted by molar-refractivity contribution is 0.0963. The van der Waals surface area contributed by atoms with Crippen LogP contribution in [0.5, 0.6) is 0 Å². The molecule has 154 valence electrons. The lowest BCUT2D eigenvalue weighted by Crippen LogP contribution is -2.47. The second-order valence-corrected chi connectivity index (χ2v) is 7.81. The van der Waals surface area contributed by atoms with Gasteiger partial charge in [-0.05, 0) is 28.8 Å². The average molecular weight is 400 g/mol. The van der Waals surface area contributed by atoms with Crippen LogP contribution in [0.25, 0.3) is 0 Å². The Hall–Kier alpha value is -2.95. The van der Waals surface area contributed by atoms with Crippen molar-refractivity contribution in [3.63, 3.8) is 0 Å². The first kappa shape index (κ1) is 20.3. The van der Waals surface area contributed by atoms with Gasteiger partial charge in [0.25, 0.3) is 5.91 Å². The van der Waals surface area contributed by atoms with E-state index in [0.29, 0.717) is 11.6 Å². The van der Waals surface area contributed by atoms with Crippen molar-refractivity contribution in [1.82, 2.24) is 15.1 Å². The fourth-order valence-electron chi connectivity index (χ4n) is 4.23. The van der Waals surface area contributed by atoms with Crippen LogP contribution >= 0.6 is 0 Å². The zero-order chi connectivity index (χ0) is 20.8. The van der Waals surface area contributed by atoms with Gasteiger partial charge in [0.2, 0.25) is 0 Å². The van der Waals surface area contributed by atoms with Gasteiger partial charge in [-0.25, -0.2) is 0 Å². The molecule has 4 heteroatoms. The summed E-state index contributed by atoms with van der Waals surface area (Å²) in [6.45, 7) is 5.06. The van der Waals surface area contributed by atoms with Crippen molar-refractivity contribution in [3.05, 3.63) is 107 Å². The number of piperazine rings is 1. The van der Waals surface area contributed by atoms with Gasteiger partial charge in [-0.15, -0.1) is 0 Å². The molecule has 0 radical (unpaired) electrons. The number of carbonyl (C=O) groups is 1. The van der Waals surface area contributed by atoms with Crippen molar-refractivity contribution >= 4 is 5.91 Å². The Kier molecular flexibility index (Phi) is 6.57. The van der Waals surface area contributed by atoms with E-state index in [1.165, 1.54) is 16.7 Å². The van der Waals surface area contributed by atoms with Crippen molar-refractivity contribution in [2.75, 3.05) is 33.2 Å². The van der Waals surface area contributed by atoms with Gasteiger partial charge in [0, 0.05) is 45.3 Å². The van der Waals surface area contributed by atoms with Crippen LogP contribution in [0.4, 0.5) is 0 Å². The molecule has 1 aliphatic rings. The number of hydrogen-bond acceptors (Lipinski definition) is 3. The highest BCUT2D eigenvalue weighted by Crippen LogP contribution is 2.29. The summed E-state index contributed by atoms with van der Waals surface area (Å²) in [6, 6.07) is 29.9. The van der Waals surface area contributed by atoms with Gasteiger partial charge in [-0.1, -0.05) is 72.8 Å². The maximum Gasteiger partial charge on any atom is 0.251 e. The highest BCUT2D eigenvalue weighted by atomic mass is 16.1. The molecule has 1 amide bonds. The Balaban J connectivity index is 1.42. The van der Waals surface area contributed by atoms with E-state index in [9.17, 15) is 4.79 Å². The summed E-state index contributed by atoms with van der Waals surface area (Å²) in [7, 11) is 1.66. The number of carbonyl (C=O) groups excluding carboxylic acids is 1. The summed E-state index contributed by atoms with van der Waals surface area (Å²) >= 11 is 0. The zero-order valence-corrected chi connectivity index (χ0v) is 17.5. The summed E-state index contributed by atoms with van der Waals surface area (Å²) in [6.07, 6.45) is 0. The number of benzene rings is 3. The Morgan fingerprint density at radius 1 is 0.800 bits per heavy atom. The minimum atomic E-state index is -0.0389. The monoisotopic (exact) mass is 399 g/mol. The van der Waals surface area contributed by atoms with Crippen molar-refractivity contribution in [1.29, 1.82) is 0 Å². The minimum Gasteiger partial charge on any atom is -0.355 e. The lowest BCUT2D eigenvalue weighted by atomic mass is 9.96. The number of nitrogens with zero attached hydrogens (tertiary/aromatic N) is 2. The molecule has 1 aliphatic heterocycles. The SMILES string of the molecule is CNC(=O)c1ccc(CN2CCN(C(c3ccccc3)c3ccccc3)CC2)cc1. The second-order valence-electron chi connectivity index (χ2n) is 7.81. The summed E-state index contributed by atoms with van der Waals surface area (Å²) in [5.41, 5.74) is 4.65. The molecule has 1 N–H and O–H groups in total. The van der Waals surface area contributed by atoms with Crippen LogP contribution in [0.2, 0.25) is 0 Å². The topological polar surface area (TPSA) is 35.6 Å². The number of hydrogen-bond donors (Lipinski definition) is 1. The Morgan fingerprint density at radius 2 is 1.33 bits per heavy atom. The van der Waals surface area contributed by atoms with Crippen molar-refractivity contribution < 1.29 is 4.79 Å². The van der Waals surface area contributed by atoms with E-state index < -0.39 is 0 Å². The average Bonchev–Trinajstić information content (AvgIpc) is 2.82. The smallest absolute Gasteiger partial charge is 0.251 e.